The molecule has 114 valence electrons. The maximum Gasteiger partial charge on any atom is 0.320 e. The van der Waals surface area contributed by atoms with Crippen LogP contribution in [0.1, 0.15) is 19.8 Å². The number of carbonyl (C=O) groups excluding carboxylic acids is 2. The fourth-order valence-corrected chi connectivity index (χ4v) is 2.83. The minimum Gasteiger partial charge on any atom is -0.347 e. The summed E-state index contributed by atoms with van der Waals surface area (Å²) in [6.45, 7) is 5.76. The molecule has 0 bridgehead atoms. The zero-order valence-electron chi connectivity index (χ0n) is 12.8. The van der Waals surface area contributed by atoms with Gasteiger partial charge in [-0.3, -0.25) is 4.79 Å². The second-order valence-corrected chi connectivity index (χ2v) is 6.10. The van der Waals surface area contributed by atoms with Crippen molar-refractivity contribution < 1.29 is 9.59 Å². The summed E-state index contributed by atoms with van der Waals surface area (Å²) >= 11 is 0. The summed E-state index contributed by atoms with van der Waals surface area (Å²) in [7, 11) is 3.48. The SMILES string of the molecule is CC1CCN(C(=O)N2CCNCC2C(=O)N(C)C)CC1. The van der Waals surface area contributed by atoms with E-state index < -0.39 is 0 Å². The Kier molecular flexibility index (Phi) is 4.86. The Hall–Kier alpha value is -1.30. The van der Waals surface area contributed by atoms with Crippen LogP contribution in [-0.4, -0.2) is 79.5 Å². The number of likely N-dealkylation sites (N-methyl/N-ethyl adjacent to an activating group) is 1. The smallest absolute Gasteiger partial charge is 0.320 e. The molecular formula is C14H26N4O2. The van der Waals surface area contributed by atoms with E-state index in [1.54, 1.807) is 23.9 Å². The van der Waals surface area contributed by atoms with Crippen LogP contribution in [0, 0.1) is 5.92 Å². The van der Waals surface area contributed by atoms with Crippen molar-refractivity contribution in [3.8, 4) is 0 Å². The van der Waals surface area contributed by atoms with Gasteiger partial charge in [0.25, 0.3) is 0 Å². The van der Waals surface area contributed by atoms with Crippen molar-refractivity contribution in [3.05, 3.63) is 0 Å². The third-order valence-corrected chi connectivity index (χ3v) is 4.27. The van der Waals surface area contributed by atoms with E-state index in [1.165, 1.54) is 0 Å². The number of carbonyl (C=O) groups is 2. The van der Waals surface area contributed by atoms with Gasteiger partial charge in [-0.15, -0.1) is 0 Å². The molecule has 1 unspecified atom stereocenters. The van der Waals surface area contributed by atoms with Crippen LogP contribution in [0.15, 0.2) is 0 Å². The summed E-state index contributed by atoms with van der Waals surface area (Å²) in [4.78, 5) is 30.1. The van der Waals surface area contributed by atoms with Crippen LogP contribution < -0.4 is 5.32 Å². The Labute approximate surface area is 121 Å². The van der Waals surface area contributed by atoms with Gasteiger partial charge >= 0.3 is 6.03 Å². The molecule has 20 heavy (non-hydrogen) atoms. The van der Waals surface area contributed by atoms with Gasteiger partial charge in [0, 0.05) is 46.8 Å². The van der Waals surface area contributed by atoms with Crippen LogP contribution in [0.5, 0.6) is 0 Å². The molecular weight excluding hydrogens is 256 g/mol. The van der Waals surface area contributed by atoms with Crippen LogP contribution in [0.25, 0.3) is 0 Å². The van der Waals surface area contributed by atoms with Crippen LogP contribution >= 0.6 is 0 Å². The lowest BCUT2D eigenvalue weighted by molar-refractivity contribution is -0.134. The number of rotatable bonds is 1. The van der Waals surface area contributed by atoms with Gasteiger partial charge in [-0.1, -0.05) is 6.92 Å². The van der Waals surface area contributed by atoms with Crippen molar-refractivity contribution in [2.24, 2.45) is 5.92 Å². The van der Waals surface area contributed by atoms with Crippen molar-refractivity contribution in [3.63, 3.8) is 0 Å². The van der Waals surface area contributed by atoms with Crippen molar-refractivity contribution in [2.45, 2.75) is 25.8 Å². The molecule has 1 atom stereocenters. The number of urea groups is 1. The minimum absolute atomic E-state index is 0.00377. The summed E-state index contributed by atoms with van der Waals surface area (Å²) in [5.41, 5.74) is 0. The number of hydrogen-bond acceptors (Lipinski definition) is 3. The van der Waals surface area contributed by atoms with Gasteiger partial charge in [-0.25, -0.2) is 4.79 Å². The highest BCUT2D eigenvalue weighted by Crippen LogP contribution is 2.19. The van der Waals surface area contributed by atoms with E-state index in [1.807, 2.05) is 4.90 Å². The number of nitrogens with zero attached hydrogens (tertiary/aromatic N) is 3. The van der Waals surface area contributed by atoms with Crippen molar-refractivity contribution in [1.82, 2.24) is 20.0 Å². The second-order valence-electron chi connectivity index (χ2n) is 6.10. The van der Waals surface area contributed by atoms with Gasteiger partial charge in [0.05, 0.1) is 0 Å². The van der Waals surface area contributed by atoms with Gasteiger partial charge < -0.3 is 20.0 Å². The Morgan fingerprint density at radius 3 is 2.40 bits per heavy atom. The minimum atomic E-state index is -0.370. The molecule has 2 fully saturated rings. The van der Waals surface area contributed by atoms with Gasteiger partial charge in [-0.2, -0.15) is 0 Å². The predicted molar refractivity (Wildman–Crippen MR) is 77.4 cm³/mol. The standard InChI is InChI=1S/C14H26N4O2/c1-11-4-7-17(8-5-11)14(20)18-9-6-15-10-12(18)13(19)16(2)3/h11-12,15H,4-10H2,1-3H3. The van der Waals surface area contributed by atoms with Gasteiger partial charge in [0.1, 0.15) is 6.04 Å². The van der Waals surface area contributed by atoms with Gasteiger partial charge in [-0.05, 0) is 18.8 Å². The Bertz CT molecular complexity index is 364. The zero-order valence-corrected chi connectivity index (χ0v) is 12.8. The first-order chi connectivity index (χ1) is 9.50. The molecule has 6 heteroatoms. The zero-order chi connectivity index (χ0) is 14.7. The maximum atomic E-state index is 12.7. The van der Waals surface area contributed by atoms with Crippen LogP contribution in [0.2, 0.25) is 0 Å². The fraction of sp³-hybridized carbons (Fsp3) is 0.857. The van der Waals surface area contributed by atoms with E-state index in [4.69, 9.17) is 0 Å². The lowest BCUT2D eigenvalue weighted by atomic mass is 9.99. The lowest BCUT2D eigenvalue weighted by Crippen LogP contribution is -2.62. The molecule has 0 saturated carbocycles. The van der Waals surface area contributed by atoms with Gasteiger partial charge in [0.2, 0.25) is 5.91 Å². The third kappa shape index (κ3) is 3.23. The van der Waals surface area contributed by atoms with Gasteiger partial charge in [0.15, 0.2) is 0 Å². The first-order valence-electron chi connectivity index (χ1n) is 7.48. The van der Waals surface area contributed by atoms with E-state index >= 15 is 0 Å². The molecule has 2 rings (SSSR count). The number of amides is 3. The average molecular weight is 282 g/mol. The number of hydrogen-bond donors (Lipinski definition) is 1. The molecule has 0 radical (unpaired) electrons. The molecule has 2 heterocycles. The Morgan fingerprint density at radius 2 is 1.80 bits per heavy atom. The summed E-state index contributed by atoms with van der Waals surface area (Å²) in [6, 6.07) is -0.343. The molecule has 0 aromatic rings. The molecule has 0 spiro atoms. The molecule has 2 saturated heterocycles. The third-order valence-electron chi connectivity index (χ3n) is 4.27. The normalized spacial score (nSPS) is 24.6. The van der Waals surface area contributed by atoms with E-state index in [0.717, 1.165) is 32.5 Å². The highest BCUT2D eigenvalue weighted by molar-refractivity contribution is 5.87. The summed E-state index contributed by atoms with van der Waals surface area (Å²) < 4.78 is 0. The lowest BCUT2D eigenvalue weighted by Gasteiger charge is -2.41. The van der Waals surface area contributed by atoms with E-state index in [2.05, 4.69) is 12.2 Å². The molecule has 0 aliphatic carbocycles. The maximum absolute atomic E-state index is 12.7. The number of likely N-dealkylation sites (tertiary alicyclic amines) is 1. The van der Waals surface area contributed by atoms with Crippen LogP contribution in [-0.2, 0) is 4.79 Å². The molecule has 0 aromatic carbocycles. The molecule has 2 aliphatic rings. The van der Waals surface area contributed by atoms with E-state index in [0.29, 0.717) is 19.0 Å². The first kappa shape index (κ1) is 15.1. The molecule has 1 N–H and O–H groups in total. The quantitative estimate of drug-likeness (QED) is 0.747. The van der Waals surface area contributed by atoms with Crippen molar-refractivity contribution in [2.75, 3.05) is 46.8 Å². The summed E-state index contributed by atoms with van der Waals surface area (Å²) in [6.07, 6.45) is 2.12. The predicted octanol–water partition coefficient (Wildman–Crippen LogP) is 0.200. The topological polar surface area (TPSA) is 55.9 Å². The molecule has 0 aromatic heterocycles. The highest BCUT2D eigenvalue weighted by Gasteiger charge is 2.35. The highest BCUT2D eigenvalue weighted by atomic mass is 16.2. The van der Waals surface area contributed by atoms with Crippen LogP contribution in [0.4, 0.5) is 4.79 Å². The molecule has 3 amide bonds. The number of piperazine rings is 1. The Morgan fingerprint density at radius 1 is 1.15 bits per heavy atom. The second kappa shape index (κ2) is 6.43. The average Bonchev–Trinajstić information content (AvgIpc) is 2.46. The molecule has 2 aliphatic heterocycles. The Balaban J connectivity index is 2.03. The van der Waals surface area contributed by atoms with Crippen LogP contribution in [0.3, 0.4) is 0 Å². The fourth-order valence-electron chi connectivity index (χ4n) is 2.83. The summed E-state index contributed by atoms with van der Waals surface area (Å²) in [5.74, 6) is 0.692. The number of piperidine rings is 1. The van der Waals surface area contributed by atoms with Crippen molar-refractivity contribution in [1.29, 1.82) is 0 Å². The van der Waals surface area contributed by atoms with Crippen molar-refractivity contribution >= 4 is 11.9 Å². The summed E-state index contributed by atoms with van der Waals surface area (Å²) in [5, 5.41) is 3.21. The molecule has 6 nitrogen and oxygen atoms in total. The largest absolute Gasteiger partial charge is 0.347 e. The monoisotopic (exact) mass is 282 g/mol. The number of nitrogens with one attached hydrogen (secondary N) is 1. The van der Waals surface area contributed by atoms with E-state index in [-0.39, 0.29) is 18.0 Å². The van der Waals surface area contributed by atoms with E-state index in [9.17, 15) is 9.59 Å². The first-order valence-corrected chi connectivity index (χ1v) is 7.48.